The molecule has 1 aromatic heterocycles. The second-order valence-electron chi connectivity index (χ2n) is 6.93. The highest BCUT2D eigenvalue weighted by atomic mass is 15.0. The second-order valence-corrected chi connectivity index (χ2v) is 6.93. The molecule has 1 aromatic rings. The predicted octanol–water partition coefficient (Wildman–Crippen LogP) is 3.56. The molecule has 4 rings (SSSR count). The quantitative estimate of drug-likeness (QED) is 0.894. The van der Waals surface area contributed by atoms with Gasteiger partial charge in [-0.05, 0) is 74.0 Å². The first-order chi connectivity index (χ1) is 9.33. The molecule has 0 spiro atoms. The van der Waals surface area contributed by atoms with Crippen molar-refractivity contribution in [3.8, 4) is 0 Å². The smallest absolute Gasteiger partial charge is 0.0295 e. The van der Waals surface area contributed by atoms with Crippen molar-refractivity contribution in [2.45, 2.75) is 51.1 Å². The summed E-state index contributed by atoms with van der Waals surface area (Å²) < 4.78 is 0. The van der Waals surface area contributed by atoms with E-state index in [4.69, 9.17) is 0 Å². The lowest BCUT2D eigenvalue weighted by molar-refractivity contribution is 0.200. The Morgan fingerprint density at radius 1 is 1.11 bits per heavy atom. The lowest BCUT2D eigenvalue weighted by Gasteiger charge is -2.34. The molecule has 3 aliphatic rings. The van der Waals surface area contributed by atoms with E-state index in [1.165, 1.54) is 37.7 Å². The fraction of sp³-hybridized carbons (Fsp3) is 0.706. The maximum absolute atomic E-state index is 4.11. The Balaban J connectivity index is 1.45. The van der Waals surface area contributed by atoms with Crippen LogP contribution in [0.2, 0.25) is 0 Å². The normalized spacial score (nSPS) is 41.4. The molecular formula is C17H24N2. The Morgan fingerprint density at radius 2 is 1.89 bits per heavy atom. The van der Waals surface area contributed by atoms with E-state index in [1.54, 1.807) is 0 Å². The van der Waals surface area contributed by atoms with Gasteiger partial charge in [-0.2, -0.15) is 0 Å². The van der Waals surface area contributed by atoms with Crippen molar-refractivity contribution < 1.29 is 0 Å². The van der Waals surface area contributed by atoms with Gasteiger partial charge in [-0.3, -0.25) is 4.98 Å². The molecule has 0 radical (unpaired) electrons. The number of pyridine rings is 1. The maximum atomic E-state index is 4.11. The number of nitrogens with one attached hydrogen (secondary N) is 1. The van der Waals surface area contributed by atoms with Crippen LogP contribution >= 0.6 is 0 Å². The van der Waals surface area contributed by atoms with Crippen LogP contribution in [0.5, 0.6) is 0 Å². The van der Waals surface area contributed by atoms with Crippen LogP contribution in [0.25, 0.3) is 0 Å². The van der Waals surface area contributed by atoms with Crippen LogP contribution in [0.1, 0.15) is 50.6 Å². The molecule has 0 amide bonds. The van der Waals surface area contributed by atoms with E-state index < -0.39 is 0 Å². The average molecular weight is 256 g/mol. The third kappa shape index (κ3) is 1.92. The number of fused-ring (bicyclic) bond motifs is 5. The minimum absolute atomic E-state index is 0.465. The van der Waals surface area contributed by atoms with Gasteiger partial charge in [-0.25, -0.2) is 0 Å². The first-order valence-electron chi connectivity index (χ1n) is 7.99. The highest BCUT2D eigenvalue weighted by Gasteiger charge is 2.53. The van der Waals surface area contributed by atoms with E-state index in [9.17, 15) is 0 Å². The number of nitrogens with zero attached hydrogens (tertiary/aromatic N) is 1. The molecule has 3 aliphatic carbocycles. The zero-order valence-corrected chi connectivity index (χ0v) is 11.8. The van der Waals surface area contributed by atoms with Crippen molar-refractivity contribution >= 4 is 0 Å². The van der Waals surface area contributed by atoms with Gasteiger partial charge in [0.1, 0.15) is 0 Å². The first kappa shape index (κ1) is 11.9. The Labute approximate surface area is 116 Å². The third-order valence-electron chi connectivity index (χ3n) is 6.10. The molecule has 0 aromatic carbocycles. The summed E-state index contributed by atoms with van der Waals surface area (Å²) in [5.74, 6) is 4.17. The summed E-state index contributed by atoms with van der Waals surface area (Å²) in [5, 5.41) is 3.91. The maximum Gasteiger partial charge on any atom is 0.0295 e. The van der Waals surface area contributed by atoms with Crippen LogP contribution in [0.15, 0.2) is 24.5 Å². The summed E-state index contributed by atoms with van der Waals surface area (Å²) >= 11 is 0. The van der Waals surface area contributed by atoms with Gasteiger partial charge in [-0.15, -0.1) is 0 Å². The van der Waals surface area contributed by atoms with Gasteiger partial charge in [0.05, 0.1) is 0 Å². The molecule has 0 saturated heterocycles. The van der Waals surface area contributed by atoms with Gasteiger partial charge in [-0.1, -0.05) is 6.42 Å². The minimum Gasteiger partial charge on any atom is -0.307 e. The summed E-state index contributed by atoms with van der Waals surface area (Å²) in [6, 6.07) is 5.52. The van der Waals surface area contributed by atoms with Crippen LogP contribution in [-0.2, 0) is 0 Å². The van der Waals surface area contributed by atoms with Crippen molar-refractivity contribution in [1.82, 2.24) is 10.3 Å². The monoisotopic (exact) mass is 256 g/mol. The van der Waals surface area contributed by atoms with Crippen LogP contribution < -0.4 is 5.32 Å². The molecule has 1 N–H and O–H groups in total. The van der Waals surface area contributed by atoms with Crippen LogP contribution in [0, 0.1) is 23.7 Å². The molecule has 0 aliphatic heterocycles. The van der Waals surface area contributed by atoms with Crippen LogP contribution in [0.4, 0.5) is 0 Å². The van der Waals surface area contributed by atoms with Crippen LogP contribution in [0.3, 0.4) is 0 Å². The molecule has 1 heterocycles. The van der Waals surface area contributed by atoms with Gasteiger partial charge in [0.25, 0.3) is 0 Å². The standard InChI is InChI=1S/C17H24N2/c1-11(12-5-7-18-8-6-12)19-17-10-13-9-16(17)15-4-2-3-14(13)15/h5-8,11,13-17,19H,2-4,9-10H2,1H3/t11-,13?,14?,15?,16?,17?/m0/s1. The van der Waals surface area contributed by atoms with Crippen molar-refractivity contribution in [3.05, 3.63) is 30.1 Å². The van der Waals surface area contributed by atoms with Gasteiger partial charge >= 0.3 is 0 Å². The lowest BCUT2D eigenvalue weighted by atomic mass is 9.79. The van der Waals surface area contributed by atoms with E-state index in [-0.39, 0.29) is 0 Å². The van der Waals surface area contributed by atoms with E-state index in [1.807, 2.05) is 12.4 Å². The fourth-order valence-electron chi connectivity index (χ4n) is 5.33. The Bertz CT molecular complexity index is 444. The highest BCUT2D eigenvalue weighted by Crippen LogP contribution is 2.58. The summed E-state index contributed by atoms with van der Waals surface area (Å²) in [5.41, 5.74) is 1.38. The average Bonchev–Trinajstić information content (AvgIpc) is 3.11. The molecule has 3 fully saturated rings. The number of rotatable bonds is 3. The Morgan fingerprint density at radius 3 is 2.74 bits per heavy atom. The molecule has 2 nitrogen and oxygen atoms in total. The fourth-order valence-corrected chi connectivity index (χ4v) is 5.33. The van der Waals surface area contributed by atoms with Gasteiger partial charge in [0, 0.05) is 24.5 Å². The topological polar surface area (TPSA) is 24.9 Å². The zero-order chi connectivity index (χ0) is 12.8. The summed E-state index contributed by atoms with van der Waals surface area (Å²) in [6.07, 6.45) is 11.3. The lowest BCUT2D eigenvalue weighted by Crippen LogP contribution is -2.40. The third-order valence-corrected chi connectivity index (χ3v) is 6.10. The summed E-state index contributed by atoms with van der Waals surface area (Å²) in [7, 11) is 0. The van der Waals surface area contributed by atoms with Gasteiger partial charge < -0.3 is 5.32 Å². The predicted molar refractivity (Wildman–Crippen MR) is 76.6 cm³/mol. The van der Waals surface area contributed by atoms with E-state index in [0.29, 0.717) is 6.04 Å². The molecule has 2 heteroatoms. The van der Waals surface area contributed by atoms with E-state index >= 15 is 0 Å². The summed E-state index contributed by atoms with van der Waals surface area (Å²) in [4.78, 5) is 4.11. The van der Waals surface area contributed by atoms with Crippen molar-refractivity contribution in [2.24, 2.45) is 23.7 Å². The molecule has 3 saturated carbocycles. The summed E-state index contributed by atoms with van der Waals surface area (Å²) in [6.45, 7) is 2.30. The molecule has 5 unspecified atom stereocenters. The van der Waals surface area contributed by atoms with E-state index in [2.05, 4.69) is 29.4 Å². The Kier molecular flexibility index (Phi) is 2.87. The van der Waals surface area contributed by atoms with Gasteiger partial charge in [0.2, 0.25) is 0 Å². The number of hydrogen-bond donors (Lipinski definition) is 1. The molecule has 102 valence electrons. The molecule has 19 heavy (non-hydrogen) atoms. The largest absolute Gasteiger partial charge is 0.307 e. The number of aromatic nitrogens is 1. The van der Waals surface area contributed by atoms with E-state index in [0.717, 1.165) is 29.7 Å². The highest BCUT2D eigenvalue weighted by molar-refractivity contribution is 5.15. The van der Waals surface area contributed by atoms with Crippen molar-refractivity contribution in [1.29, 1.82) is 0 Å². The van der Waals surface area contributed by atoms with Gasteiger partial charge in [0.15, 0.2) is 0 Å². The number of hydrogen-bond acceptors (Lipinski definition) is 2. The Hall–Kier alpha value is -0.890. The van der Waals surface area contributed by atoms with Crippen molar-refractivity contribution in [2.75, 3.05) is 0 Å². The molecular weight excluding hydrogens is 232 g/mol. The second kappa shape index (κ2) is 4.59. The minimum atomic E-state index is 0.465. The van der Waals surface area contributed by atoms with Crippen LogP contribution in [-0.4, -0.2) is 11.0 Å². The van der Waals surface area contributed by atoms with Crippen molar-refractivity contribution in [3.63, 3.8) is 0 Å². The zero-order valence-electron chi connectivity index (χ0n) is 11.8. The molecule has 6 atom stereocenters. The first-order valence-corrected chi connectivity index (χ1v) is 7.99. The SMILES string of the molecule is C[C@H](NC1CC2CC1C1CCCC21)c1ccncc1. The molecule has 2 bridgehead atoms.